The van der Waals surface area contributed by atoms with Crippen LogP contribution in [0, 0.1) is 0 Å². The predicted molar refractivity (Wildman–Crippen MR) is 73.8 cm³/mol. The fourth-order valence-corrected chi connectivity index (χ4v) is 1.77. The number of halogens is 1. The largest absolute Gasteiger partial charge is 0.383 e. The number of nitrogens with one attached hydrogen (secondary N) is 1. The van der Waals surface area contributed by atoms with Gasteiger partial charge in [-0.25, -0.2) is 10.8 Å². The van der Waals surface area contributed by atoms with Crippen LogP contribution in [0.5, 0.6) is 0 Å². The van der Waals surface area contributed by atoms with E-state index in [9.17, 15) is 0 Å². The lowest BCUT2D eigenvalue weighted by Crippen LogP contribution is -2.36. The Hall–Kier alpha value is -1.11. The molecule has 1 aromatic heterocycles. The van der Waals surface area contributed by atoms with Gasteiger partial charge < -0.3 is 9.64 Å². The lowest BCUT2D eigenvalue weighted by molar-refractivity contribution is 0.203. The monoisotopic (exact) mass is 273 g/mol. The zero-order valence-electron chi connectivity index (χ0n) is 11.0. The maximum absolute atomic E-state index is 6.15. The van der Waals surface area contributed by atoms with Crippen LogP contribution in [0.3, 0.4) is 0 Å². The SMILES string of the molecule is CCC(C)N(CCOC)c1nc(NN)ncc1Cl. The quantitative estimate of drug-likeness (QED) is 0.581. The molecule has 3 N–H and O–H groups in total. The normalized spacial score (nSPS) is 12.3. The summed E-state index contributed by atoms with van der Waals surface area (Å²) in [6, 6.07) is 0.304. The van der Waals surface area contributed by atoms with Crippen molar-refractivity contribution in [2.75, 3.05) is 30.6 Å². The number of nitrogens with zero attached hydrogens (tertiary/aromatic N) is 3. The third kappa shape index (κ3) is 3.69. The molecule has 7 heteroatoms. The summed E-state index contributed by atoms with van der Waals surface area (Å²) in [5.74, 6) is 6.34. The third-order valence-corrected chi connectivity index (χ3v) is 3.05. The van der Waals surface area contributed by atoms with Crippen LogP contribution in [0.15, 0.2) is 6.20 Å². The van der Waals surface area contributed by atoms with Crippen LogP contribution in [-0.4, -0.2) is 36.3 Å². The average molecular weight is 274 g/mol. The number of nitrogen functional groups attached to an aromatic ring is 1. The molecular formula is C11H20ClN5O. The molecule has 0 aliphatic carbocycles. The van der Waals surface area contributed by atoms with Crippen LogP contribution in [-0.2, 0) is 4.74 Å². The summed E-state index contributed by atoms with van der Waals surface area (Å²) in [7, 11) is 1.67. The zero-order chi connectivity index (χ0) is 13.5. The number of methoxy groups -OCH3 is 1. The Morgan fingerprint density at radius 3 is 2.89 bits per heavy atom. The van der Waals surface area contributed by atoms with Crippen molar-refractivity contribution < 1.29 is 4.74 Å². The van der Waals surface area contributed by atoms with Crippen LogP contribution < -0.4 is 16.2 Å². The second kappa shape index (κ2) is 7.35. The van der Waals surface area contributed by atoms with Gasteiger partial charge in [0.25, 0.3) is 0 Å². The first kappa shape index (κ1) is 14.9. The molecule has 1 aromatic rings. The number of rotatable bonds is 7. The van der Waals surface area contributed by atoms with E-state index < -0.39 is 0 Å². The predicted octanol–water partition coefficient (Wildman–Crippen LogP) is 1.67. The summed E-state index contributed by atoms with van der Waals surface area (Å²) in [6.45, 7) is 5.55. The first-order valence-electron chi connectivity index (χ1n) is 5.88. The molecule has 0 fully saturated rings. The van der Waals surface area contributed by atoms with Crippen LogP contribution in [0.2, 0.25) is 5.02 Å². The highest BCUT2D eigenvalue weighted by molar-refractivity contribution is 6.32. The molecule has 1 rings (SSSR count). The molecule has 1 unspecified atom stereocenters. The van der Waals surface area contributed by atoms with Gasteiger partial charge in [0, 0.05) is 19.7 Å². The van der Waals surface area contributed by atoms with E-state index in [1.165, 1.54) is 0 Å². The molecule has 1 heterocycles. The molecule has 0 amide bonds. The van der Waals surface area contributed by atoms with Gasteiger partial charge in [0.1, 0.15) is 5.02 Å². The number of aromatic nitrogens is 2. The van der Waals surface area contributed by atoms with E-state index >= 15 is 0 Å². The van der Waals surface area contributed by atoms with Gasteiger partial charge in [-0.1, -0.05) is 18.5 Å². The first-order chi connectivity index (χ1) is 8.63. The fourth-order valence-electron chi connectivity index (χ4n) is 1.57. The van der Waals surface area contributed by atoms with Crippen LogP contribution in [0.1, 0.15) is 20.3 Å². The molecule has 6 nitrogen and oxygen atoms in total. The lowest BCUT2D eigenvalue weighted by Gasteiger charge is -2.30. The number of hydrogen-bond donors (Lipinski definition) is 2. The van der Waals surface area contributed by atoms with Gasteiger partial charge in [0.05, 0.1) is 12.8 Å². The molecule has 1 atom stereocenters. The molecule has 0 saturated heterocycles. The number of ether oxygens (including phenoxy) is 1. The van der Waals surface area contributed by atoms with E-state index in [1.54, 1.807) is 13.3 Å². The Kier molecular flexibility index (Phi) is 6.11. The fraction of sp³-hybridized carbons (Fsp3) is 0.636. The standard InChI is InChI=1S/C11H20ClN5O/c1-4-8(2)17(5-6-18-3)10-9(12)7-14-11(15-10)16-13/h7-8H,4-6,13H2,1-3H3,(H,14,15,16). The second-order valence-corrected chi connectivity index (χ2v) is 4.36. The van der Waals surface area contributed by atoms with Crippen molar-refractivity contribution in [3.8, 4) is 0 Å². The minimum atomic E-state index is 0.304. The summed E-state index contributed by atoms with van der Waals surface area (Å²) < 4.78 is 5.12. The second-order valence-electron chi connectivity index (χ2n) is 3.95. The number of nitrogens with two attached hydrogens (primary N) is 1. The molecular weight excluding hydrogens is 254 g/mol. The summed E-state index contributed by atoms with van der Waals surface area (Å²) in [5, 5.41) is 0.505. The first-order valence-corrected chi connectivity index (χ1v) is 6.26. The van der Waals surface area contributed by atoms with Gasteiger partial charge in [0.15, 0.2) is 5.82 Å². The van der Waals surface area contributed by atoms with Gasteiger partial charge in [-0.15, -0.1) is 0 Å². The molecule has 102 valence electrons. The van der Waals surface area contributed by atoms with Crippen LogP contribution in [0.4, 0.5) is 11.8 Å². The van der Waals surface area contributed by atoms with Gasteiger partial charge in [-0.05, 0) is 13.3 Å². The number of hydrazine groups is 1. The minimum Gasteiger partial charge on any atom is -0.383 e. The Morgan fingerprint density at radius 2 is 2.33 bits per heavy atom. The summed E-state index contributed by atoms with van der Waals surface area (Å²) in [5.41, 5.74) is 2.42. The summed E-state index contributed by atoms with van der Waals surface area (Å²) in [4.78, 5) is 10.4. The van der Waals surface area contributed by atoms with Crippen molar-refractivity contribution in [2.24, 2.45) is 5.84 Å². The van der Waals surface area contributed by atoms with Gasteiger partial charge in [-0.2, -0.15) is 4.98 Å². The van der Waals surface area contributed by atoms with Crippen molar-refractivity contribution in [3.05, 3.63) is 11.2 Å². The highest BCUT2D eigenvalue weighted by atomic mass is 35.5. The minimum absolute atomic E-state index is 0.304. The van der Waals surface area contributed by atoms with E-state index in [-0.39, 0.29) is 0 Å². The Bertz CT molecular complexity index is 376. The number of hydrogen-bond acceptors (Lipinski definition) is 6. The number of anilines is 2. The molecule has 0 aliphatic heterocycles. The Morgan fingerprint density at radius 1 is 1.61 bits per heavy atom. The molecule has 0 radical (unpaired) electrons. The van der Waals surface area contributed by atoms with Gasteiger partial charge >= 0.3 is 0 Å². The topological polar surface area (TPSA) is 76.3 Å². The van der Waals surface area contributed by atoms with E-state index in [1.807, 2.05) is 0 Å². The molecule has 18 heavy (non-hydrogen) atoms. The van der Waals surface area contributed by atoms with Crippen LogP contribution >= 0.6 is 11.6 Å². The van der Waals surface area contributed by atoms with E-state index in [4.69, 9.17) is 22.2 Å². The molecule has 0 spiro atoms. The highest BCUT2D eigenvalue weighted by Gasteiger charge is 2.18. The smallest absolute Gasteiger partial charge is 0.239 e. The van der Waals surface area contributed by atoms with E-state index in [2.05, 4.69) is 34.1 Å². The molecule has 0 aliphatic rings. The zero-order valence-corrected chi connectivity index (χ0v) is 11.7. The van der Waals surface area contributed by atoms with E-state index in [0.29, 0.717) is 36.0 Å². The van der Waals surface area contributed by atoms with Crippen molar-refractivity contribution in [1.29, 1.82) is 0 Å². The highest BCUT2D eigenvalue weighted by Crippen LogP contribution is 2.25. The summed E-state index contributed by atoms with van der Waals surface area (Å²) in [6.07, 6.45) is 2.52. The van der Waals surface area contributed by atoms with Crippen molar-refractivity contribution >= 4 is 23.4 Å². The third-order valence-electron chi connectivity index (χ3n) is 2.79. The summed E-state index contributed by atoms with van der Waals surface area (Å²) >= 11 is 6.15. The Labute approximate surface area is 112 Å². The Balaban J connectivity index is 3.02. The van der Waals surface area contributed by atoms with Gasteiger partial charge in [-0.3, -0.25) is 5.43 Å². The lowest BCUT2D eigenvalue weighted by atomic mass is 10.2. The van der Waals surface area contributed by atoms with Crippen molar-refractivity contribution in [2.45, 2.75) is 26.3 Å². The molecule has 0 saturated carbocycles. The maximum Gasteiger partial charge on any atom is 0.239 e. The van der Waals surface area contributed by atoms with E-state index in [0.717, 1.165) is 6.42 Å². The van der Waals surface area contributed by atoms with Crippen molar-refractivity contribution in [3.63, 3.8) is 0 Å². The van der Waals surface area contributed by atoms with Crippen molar-refractivity contribution in [1.82, 2.24) is 9.97 Å². The average Bonchev–Trinajstić information content (AvgIpc) is 2.40. The van der Waals surface area contributed by atoms with Crippen LogP contribution in [0.25, 0.3) is 0 Å². The van der Waals surface area contributed by atoms with Gasteiger partial charge in [0.2, 0.25) is 5.95 Å². The molecule has 0 aromatic carbocycles. The maximum atomic E-state index is 6.15. The molecule has 0 bridgehead atoms.